The van der Waals surface area contributed by atoms with Crippen molar-refractivity contribution in [1.82, 2.24) is 20.1 Å². The van der Waals surface area contributed by atoms with Crippen LogP contribution in [-0.2, 0) is 11.2 Å². The number of methoxy groups -OCH3 is 1. The van der Waals surface area contributed by atoms with Crippen LogP contribution >= 0.6 is 23.1 Å². The molecule has 156 valence electrons. The Morgan fingerprint density at radius 2 is 2.03 bits per heavy atom. The van der Waals surface area contributed by atoms with Gasteiger partial charge in [-0.3, -0.25) is 10.1 Å². The van der Waals surface area contributed by atoms with Gasteiger partial charge >= 0.3 is 6.03 Å². The maximum absolute atomic E-state index is 12.2. The number of nitrogens with one attached hydrogen (secondary N) is 2. The first-order valence-electron chi connectivity index (χ1n) is 9.46. The molecule has 3 amide bonds. The maximum Gasteiger partial charge on any atom is 0.325 e. The quantitative estimate of drug-likeness (QED) is 0.515. The van der Waals surface area contributed by atoms with Gasteiger partial charge in [-0.1, -0.05) is 17.8 Å². The number of hydrogen-bond acceptors (Lipinski definition) is 7. The summed E-state index contributed by atoms with van der Waals surface area (Å²) in [6.07, 6.45) is 2.93. The molecule has 2 N–H and O–H groups in total. The molecule has 8 nitrogen and oxygen atoms in total. The maximum atomic E-state index is 12.2. The Morgan fingerprint density at radius 1 is 1.23 bits per heavy atom. The third kappa shape index (κ3) is 5.19. The van der Waals surface area contributed by atoms with Crippen LogP contribution in [0.25, 0.3) is 0 Å². The van der Waals surface area contributed by atoms with Crippen molar-refractivity contribution in [2.24, 2.45) is 0 Å². The SMILES string of the molecule is COc1ccc(NC(=O)NC(=O)CSc2nnc(Cc3cccs3)n2C2CC2)cc1. The van der Waals surface area contributed by atoms with Gasteiger partial charge in [0.25, 0.3) is 0 Å². The van der Waals surface area contributed by atoms with Gasteiger partial charge in [-0.15, -0.1) is 21.5 Å². The number of anilines is 1. The van der Waals surface area contributed by atoms with Crippen molar-refractivity contribution in [2.75, 3.05) is 18.2 Å². The summed E-state index contributed by atoms with van der Waals surface area (Å²) < 4.78 is 7.21. The van der Waals surface area contributed by atoms with E-state index in [0.717, 1.165) is 30.2 Å². The fraction of sp³-hybridized carbons (Fsp3) is 0.300. The number of nitrogens with zero attached hydrogens (tertiary/aromatic N) is 3. The van der Waals surface area contributed by atoms with Gasteiger partial charge in [0.15, 0.2) is 5.16 Å². The summed E-state index contributed by atoms with van der Waals surface area (Å²) in [5.74, 6) is 1.29. The van der Waals surface area contributed by atoms with E-state index in [4.69, 9.17) is 4.74 Å². The van der Waals surface area contributed by atoms with E-state index < -0.39 is 11.9 Å². The predicted molar refractivity (Wildman–Crippen MR) is 116 cm³/mol. The Labute approximate surface area is 182 Å². The normalized spacial score (nSPS) is 13.1. The van der Waals surface area contributed by atoms with Gasteiger partial charge in [-0.25, -0.2) is 4.79 Å². The molecule has 2 heterocycles. The lowest BCUT2D eigenvalue weighted by molar-refractivity contribution is -0.117. The second kappa shape index (κ2) is 9.31. The van der Waals surface area contributed by atoms with Crippen LogP contribution in [0.2, 0.25) is 0 Å². The van der Waals surface area contributed by atoms with Crippen LogP contribution in [-0.4, -0.2) is 39.6 Å². The van der Waals surface area contributed by atoms with Crippen LogP contribution < -0.4 is 15.4 Å². The van der Waals surface area contributed by atoms with Crippen LogP contribution in [0.3, 0.4) is 0 Å². The number of carbonyl (C=O) groups excluding carboxylic acids is 2. The minimum absolute atomic E-state index is 0.0832. The fourth-order valence-corrected chi connectivity index (χ4v) is 4.45. The molecule has 1 aliphatic rings. The summed E-state index contributed by atoms with van der Waals surface area (Å²) in [6.45, 7) is 0. The smallest absolute Gasteiger partial charge is 0.325 e. The highest BCUT2D eigenvalue weighted by atomic mass is 32.2. The van der Waals surface area contributed by atoms with Crippen molar-refractivity contribution >= 4 is 40.7 Å². The molecule has 0 atom stereocenters. The Morgan fingerprint density at radius 3 is 2.70 bits per heavy atom. The van der Waals surface area contributed by atoms with Gasteiger partial charge in [0.1, 0.15) is 11.6 Å². The van der Waals surface area contributed by atoms with Crippen molar-refractivity contribution < 1.29 is 14.3 Å². The minimum atomic E-state index is -0.576. The molecule has 0 saturated heterocycles. The number of benzene rings is 1. The molecule has 0 unspecified atom stereocenters. The van der Waals surface area contributed by atoms with E-state index in [0.29, 0.717) is 17.5 Å². The number of thiophene rings is 1. The number of ether oxygens (including phenoxy) is 1. The Hall–Kier alpha value is -2.85. The molecule has 1 aliphatic carbocycles. The average Bonchev–Trinajstić information content (AvgIpc) is 3.29. The van der Waals surface area contributed by atoms with E-state index in [9.17, 15) is 9.59 Å². The van der Waals surface area contributed by atoms with Crippen LogP contribution in [0.5, 0.6) is 5.75 Å². The third-order valence-corrected chi connectivity index (χ3v) is 6.31. The number of amides is 3. The van der Waals surface area contributed by atoms with Gasteiger partial charge < -0.3 is 14.6 Å². The molecule has 1 aromatic carbocycles. The molecule has 0 spiro atoms. The van der Waals surface area contributed by atoms with E-state index in [-0.39, 0.29) is 5.75 Å². The summed E-state index contributed by atoms with van der Waals surface area (Å²) in [6, 6.07) is 10.8. The number of hydrogen-bond donors (Lipinski definition) is 2. The first kappa shape index (κ1) is 20.4. The first-order chi connectivity index (χ1) is 14.6. The number of thioether (sulfide) groups is 1. The topological polar surface area (TPSA) is 98.1 Å². The Balaban J connectivity index is 1.31. The van der Waals surface area contributed by atoms with Crippen LogP contribution in [0.15, 0.2) is 46.9 Å². The molecule has 0 aliphatic heterocycles. The highest BCUT2D eigenvalue weighted by Crippen LogP contribution is 2.39. The monoisotopic (exact) mass is 443 g/mol. The highest BCUT2D eigenvalue weighted by Gasteiger charge is 2.30. The van der Waals surface area contributed by atoms with Gasteiger partial charge in [0.2, 0.25) is 5.91 Å². The number of urea groups is 1. The molecule has 2 aromatic heterocycles. The highest BCUT2D eigenvalue weighted by molar-refractivity contribution is 7.99. The second-order valence-corrected chi connectivity index (χ2v) is 8.75. The average molecular weight is 444 g/mol. The molecule has 1 saturated carbocycles. The molecule has 10 heteroatoms. The molecule has 0 bridgehead atoms. The lowest BCUT2D eigenvalue weighted by atomic mass is 10.3. The number of imide groups is 1. The summed E-state index contributed by atoms with van der Waals surface area (Å²) >= 11 is 2.99. The number of aromatic nitrogens is 3. The largest absolute Gasteiger partial charge is 0.497 e. The Bertz CT molecular complexity index is 1010. The number of rotatable bonds is 8. The van der Waals surface area contributed by atoms with Gasteiger partial charge in [-0.2, -0.15) is 0 Å². The van der Waals surface area contributed by atoms with E-state index in [2.05, 4.69) is 31.5 Å². The minimum Gasteiger partial charge on any atom is -0.497 e. The Kier molecular flexibility index (Phi) is 6.34. The molecule has 0 radical (unpaired) electrons. The fourth-order valence-electron chi connectivity index (χ4n) is 2.92. The summed E-state index contributed by atoms with van der Waals surface area (Å²) in [4.78, 5) is 25.5. The van der Waals surface area contributed by atoms with Gasteiger partial charge in [0.05, 0.1) is 12.9 Å². The standard InChI is InChI=1S/C20H21N5O3S2/c1-28-15-8-4-13(5-9-15)21-19(27)22-18(26)12-30-20-24-23-17(25(20)14-6-7-14)11-16-3-2-10-29-16/h2-5,8-10,14H,6-7,11-12H2,1H3,(H2,21,22,26,27). The second-order valence-electron chi connectivity index (χ2n) is 6.78. The van der Waals surface area contributed by atoms with E-state index >= 15 is 0 Å². The summed E-state index contributed by atoms with van der Waals surface area (Å²) in [5.41, 5.74) is 0.570. The lowest BCUT2D eigenvalue weighted by Gasteiger charge is -2.09. The zero-order chi connectivity index (χ0) is 20.9. The van der Waals surface area contributed by atoms with Crippen molar-refractivity contribution in [2.45, 2.75) is 30.5 Å². The molecule has 4 rings (SSSR count). The molecule has 1 fully saturated rings. The zero-order valence-corrected chi connectivity index (χ0v) is 18.0. The predicted octanol–water partition coefficient (Wildman–Crippen LogP) is 3.71. The summed E-state index contributed by atoms with van der Waals surface area (Å²) in [7, 11) is 1.57. The van der Waals surface area contributed by atoms with Crippen molar-refractivity contribution in [3.8, 4) is 5.75 Å². The van der Waals surface area contributed by atoms with Crippen molar-refractivity contribution in [3.05, 3.63) is 52.5 Å². The van der Waals surface area contributed by atoms with Crippen LogP contribution in [0.4, 0.5) is 10.5 Å². The third-order valence-electron chi connectivity index (χ3n) is 4.49. The van der Waals surface area contributed by atoms with Gasteiger partial charge in [0, 0.05) is 23.0 Å². The molecule has 30 heavy (non-hydrogen) atoms. The van der Waals surface area contributed by atoms with Crippen LogP contribution in [0.1, 0.15) is 29.6 Å². The van der Waals surface area contributed by atoms with E-state index in [1.54, 1.807) is 42.7 Å². The number of carbonyl (C=O) groups is 2. The zero-order valence-electron chi connectivity index (χ0n) is 16.3. The van der Waals surface area contributed by atoms with Gasteiger partial charge in [-0.05, 0) is 48.6 Å². The van der Waals surface area contributed by atoms with Crippen molar-refractivity contribution in [1.29, 1.82) is 0 Å². The molecule has 3 aromatic rings. The van der Waals surface area contributed by atoms with Crippen molar-refractivity contribution in [3.63, 3.8) is 0 Å². The van der Waals surface area contributed by atoms with Crippen LogP contribution in [0, 0.1) is 0 Å². The van der Waals surface area contributed by atoms with E-state index in [1.165, 1.54) is 16.6 Å². The van der Waals surface area contributed by atoms with E-state index in [1.807, 2.05) is 11.4 Å². The molecular formula is C20H21N5O3S2. The molecular weight excluding hydrogens is 422 g/mol. The first-order valence-corrected chi connectivity index (χ1v) is 11.3. The lowest BCUT2D eigenvalue weighted by Crippen LogP contribution is -2.35. The summed E-state index contributed by atoms with van der Waals surface area (Å²) in [5, 5.41) is 16.3.